The lowest BCUT2D eigenvalue weighted by Gasteiger charge is -2.05. The largest absolute Gasteiger partial charge is 0.276 e. The minimum atomic E-state index is -2.76. The maximum absolute atomic E-state index is 12.3. The monoisotopic (exact) mass is 269 g/mol. The van der Waals surface area contributed by atoms with Crippen molar-refractivity contribution in [2.24, 2.45) is 0 Å². The molecule has 0 spiro atoms. The van der Waals surface area contributed by atoms with Crippen LogP contribution in [0.1, 0.15) is 22.3 Å². The zero-order valence-corrected chi connectivity index (χ0v) is 8.44. The van der Waals surface area contributed by atoms with Crippen LogP contribution in [0.2, 0.25) is 0 Å². The minimum Gasteiger partial charge on any atom is -0.276 e. The summed E-state index contributed by atoms with van der Waals surface area (Å²) in [5.74, 6) is 0. The fourth-order valence-corrected chi connectivity index (χ4v) is 1.68. The van der Waals surface area contributed by atoms with E-state index in [1.54, 1.807) is 0 Å². The number of rotatable bonds is 2. The number of halogens is 4. The Bertz CT molecular complexity index is 345. The van der Waals surface area contributed by atoms with Crippen LogP contribution in [0.3, 0.4) is 0 Å². The van der Waals surface area contributed by atoms with Crippen LogP contribution >= 0.6 is 27.5 Å². The third-order valence-corrected chi connectivity index (χ3v) is 2.15. The molecule has 0 aliphatic rings. The molecular formula is C7H3BrClF2NO. The van der Waals surface area contributed by atoms with Crippen LogP contribution in [0.25, 0.3) is 0 Å². The molecule has 0 N–H and O–H groups in total. The first kappa shape index (κ1) is 10.5. The van der Waals surface area contributed by atoms with Crippen molar-refractivity contribution in [3.05, 3.63) is 28.0 Å². The molecule has 0 radical (unpaired) electrons. The number of alkyl halides is 2. The molecular weight excluding hydrogens is 267 g/mol. The zero-order chi connectivity index (χ0) is 10.0. The van der Waals surface area contributed by atoms with Gasteiger partial charge in [0.15, 0.2) is 0 Å². The maximum atomic E-state index is 12.3. The average Bonchev–Trinajstić information content (AvgIpc) is 2.02. The summed E-state index contributed by atoms with van der Waals surface area (Å²) in [4.78, 5) is 14.3. The van der Waals surface area contributed by atoms with E-state index in [4.69, 9.17) is 11.6 Å². The molecule has 0 aliphatic heterocycles. The highest BCUT2D eigenvalue weighted by Gasteiger charge is 2.19. The topological polar surface area (TPSA) is 30.0 Å². The van der Waals surface area contributed by atoms with Gasteiger partial charge in [-0.3, -0.25) is 9.78 Å². The van der Waals surface area contributed by atoms with Crippen LogP contribution in [-0.2, 0) is 0 Å². The number of carbonyl (C=O) groups is 1. The fraction of sp³-hybridized carbons (Fsp3) is 0.143. The highest BCUT2D eigenvalue weighted by atomic mass is 79.9. The van der Waals surface area contributed by atoms with Gasteiger partial charge in [0.05, 0.1) is 5.56 Å². The molecule has 0 bridgehead atoms. The molecule has 0 atom stereocenters. The molecule has 1 rings (SSSR count). The van der Waals surface area contributed by atoms with E-state index in [1.165, 1.54) is 6.20 Å². The number of hydrogen-bond acceptors (Lipinski definition) is 2. The summed E-state index contributed by atoms with van der Waals surface area (Å²) in [6, 6.07) is 0. The molecule has 0 fully saturated rings. The van der Waals surface area contributed by atoms with E-state index in [2.05, 4.69) is 20.9 Å². The summed E-state index contributed by atoms with van der Waals surface area (Å²) in [6.07, 6.45) is -0.602. The van der Waals surface area contributed by atoms with E-state index in [-0.39, 0.29) is 10.0 Å². The average molecular weight is 270 g/mol. The summed E-state index contributed by atoms with van der Waals surface area (Å²) in [7, 11) is 0. The Balaban J connectivity index is 3.34. The quantitative estimate of drug-likeness (QED) is 0.773. The molecule has 13 heavy (non-hydrogen) atoms. The highest BCUT2D eigenvalue weighted by Crippen LogP contribution is 2.28. The highest BCUT2D eigenvalue weighted by molar-refractivity contribution is 9.10. The number of pyridine rings is 1. The van der Waals surface area contributed by atoms with Gasteiger partial charge < -0.3 is 0 Å². The van der Waals surface area contributed by atoms with Crippen molar-refractivity contribution in [1.82, 2.24) is 4.98 Å². The molecule has 1 aromatic heterocycles. The Morgan fingerprint density at radius 1 is 1.54 bits per heavy atom. The third-order valence-electron chi connectivity index (χ3n) is 1.36. The number of carbonyl (C=O) groups excluding carboxylic acids is 1. The van der Waals surface area contributed by atoms with Gasteiger partial charge in [-0.05, 0) is 27.5 Å². The lowest BCUT2D eigenvalue weighted by molar-refractivity contribution is 0.106. The summed E-state index contributed by atoms with van der Waals surface area (Å²) in [5, 5.41) is -0.926. The van der Waals surface area contributed by atoms with Gasteiger partial charge in [-0.15, -0.1) is 0 Å². The molecule has 1 heterocycles. The van der Waals surface area contributed by atoms with Gasteiger partial charge in [-0.1, -0.05) is 0 Å². The number of aromatic nitrogens is 1. The molecule has 0 saturated carbocycles. The first-order valence-electron chi connectivity index (χ1n) is 3.15. The van der Waals surface area contributed by atoms with Gasteiger partial charge in [0.25, 0.3) is 11.7 Å². The molecule has 0 saturated heterocycles. The van der Waals surface area contributed by atoms with Gasteiger partial charge >= 0.3 is 0 Å². The van der Waals surface area contributed by atoms with E-state index in [0.717, 1.165) is 6.20 Å². The summed E-state index contributed by atoms with van der Waals surface area (Å²) in [6.45, 7) is 0. The Morgan fingerprint density at radius 2 is 2.15 bits per heavy atom. The van der Waals surface area contributed by atoms with Crippen molar-refractivity contribution in [3.8, 4) is 0 Å². The maximum Gasteiger partial charge on any atom is 0.266 e. The van der Waals surface area contributed by atoms with E-state index in [9.17, 15) is 13.6 Å². The SMILES string of the molecule is O=C(Cl)c1c(Br)cncc1C(F)F. The Labute approximate surface area is 86.0 Å². The standard InChI is InChI=1S/C7H3BrClF2NO/c8-4-2-12-1-3(7(10)11)5(4)6(9)13/h1-2,7H. The lowest BCUT2D eigenvalue weighted by Crippen LogP contribution is -2.00. The second kappa shape index (κ2) is 4.11. The molecule has 6 heteroatoms. The van der Waals surface area contributed by atoms with E-state index in [0.29, 0.717) is 0 Å². The predicted molar refractivity (Wildman–Crippen MR) is 47.1 cm³/mol. The summed E-state index contributed by atoms with van der Waals surface area (Å²) in [5.41, 5.74) is -0.693. The molecule has 2 nitrogen and oxygen atoms in total. The second-order valence-electron chi connectivity index (χ2n) is 2.16. The molecule has 0 unspecified atom stereocenters. The van der Waals surface area contributed by atoms with Gasteiger partial charge in [-0.2, -0.15) is 0 Å². The summed E-state index contributed by atoms with van der Waals surface area (Å²) >= 11 is 8.04. The predicted octanol–water partition coefficient (Wildman–Crippen LogP) is 3.16. The normalized spacial score (nSPS) is 10.5. The van der Waals surface area contributed by atoms with Gasteiger partial charge in [0.1, 0.15) is 0 Å². The summed E-state index contributed by atoms with van der Waals surface area (Å²) < 4.78 is 24.8. The Kier molecular flexibility index (Phi) is 3.33. The Morgan fingerprint density at radius 3 is 2.54 bits per heavy atom. The Hall–Kier alpha value is -0.550. The van der Waals surface area contributed by atoms with Crippen LogP contribution in [0.15, 0.2) is 16.9 Å². The van der Waals surface area contributed by atoms with Crippen LogP contribution in [0.4, 0.5) is 8.78 Å². The van der Waals surface area contributed by atoms with E-state index in [1.807, 2.05) is 0 Å². The molecule has 0 aliphatic carbocycles. The fourth-order valence-electron chi connectivity index (χ4n) is 0.823. The van der Waals surface area contributed by atoms with Crippen molar-refractivity contribution in [3.63, 3.8) is 0 Å². The van der Waals surface area contributed by atoms with Gasteiger partial charge in [0, 0.05) is 22.4 Å². The second-order valence-corrected chi connectivity index (χ2v) is 3.36. The van der Waals surface area contributed by atoms with E-state index >= 15 is 0 Å². The van der Waals surface area contributed by atoms with E-state index < -0.39 is 17.2 Å². The molecule has 0 amide bonds. The molecule has 70 valence electrons. The first-order valence-corrected chi connectivity index (χ1v) is 4.32. The number of hydrogen-bond donors (Lipinski definition) is 0. The minimum absolute atomic E-state index is 0.172. The van der Waals surface area contributed by atoms with Gasteiger partial charge in [0.2, 0.25) is 0 Å². The van der Waals surface area contributed by atoms with Crippen molar-refractivity contribution in [1.29, 1.82) is 0 Å². The van der Waals surface area contributed by atoms with Crippen molar-refractivity contribution >= 4 is 32.8 Å². The van der Waals surface area contributed by atoms with Crippen molar-refractivity contribution in [2.45, 2.75) is 6.43 Å². The smallest absolute Gasteiger partial charge is 0.266 e. The van der Waals surface area contributed by atoms with Crippen LogP contribution in [0, 0.1) is 0 Å². The first-order chi connectivity index (χ1) is 6.04. The van der Waals surface area contributed by atoms with Crippen LogP contribution in [-0.4, -0.2) is 10.2 Å². The molecule has 0 aromatic carbocycles. The number of nitrogens with zero attached hydrogens (tertiary/aromatic N) is 1. The molecule has 1 aromatic rings. The van der Waals surface area contributed by atoms with Crippen molar-refractivity contribution in [2.75, 3.05) is 0 Å². The van der Waals surface area contributed by atoms with Crippen LogP contribution in [0.5, 0.6) is 0 Å². The van der Waals surface area contributed by atoms with Crippen LogP contribution < -0.4 is 0 Å². The van der Waals surface area contributed by atoms with Gasteiger partial charge in [-0.25, -0.2) is 8.78 Å². The lowest BCUT2D eigenvalue weighted by atomic mass is 10.1. The van der Waals surface area contributed by atoms with Crippen molar-refractivity contribution < 1.29 is 13.6 Å². The third kappa shape index (κ3) is 2.22. The zero-order valence-electron chi connectivity index (χ0n) is 6.10.